The molecule has 0 amide bonds. The molecule has 10 aromatic rings. The first-order valence-electron chi connectivity index (χ1n) is 16.4. The van der Waals surface area contributed by atoms with Crippen LogP contribution in [0, 0.1) is 0 Å². The molecule has 0 fully saturated rings. The van der Waals surface area contributed by atoms with Crippen LogP contribution in [0.25, 0.3) is 99.5 Å². The molecule has 10 rings (SSSR count). The number of para-hydroxylation sites is 1. The fraction of sp³-hybridized carbons (Fsp3) is 0. The molecule has 0 saturated carbocycles. The summed E-state index contributed by atoms with van der Waals surface area (Å²) in [5.41, 5.74) is 6.72. The van der Waals surface area contributed by atoms with E-state index in [1.165, 1.54) is 32.5 Å². The Balaban J connectivity index is 1.17. The van der Waals surface area contributed by atoms with Crippen LogP contribution in [0.15, 0.2) is 168 Å². The number of hydrogen-bond donors (Lipinski definition) is 0. The van der Waals surface area contributed by atoms with Gasteiger partial charge in [-0.05, 0) is 61.6 Å². The Hall–Kier alpha value is -6.65. The van der Waals surface area contributed by atoms with Crippen molar-refractivity contribution in [1.82, 2.24) is 15.0 Å². The molecule has 49 heavy (non-hydrogen) atoms. The molecule has 2 heterocycles. The monoisotopic (exact) mass is 625 g/mol. The molecule has 0 bridgehead atoms. The number of furan rings is 1. The zero-order valence-corrected chi connectivity index (χ0v) is 26.3. The Morgan fingerprint density at radius 3 is 1.73 bits per heavy atom. The van der Waals surface area contributed by atoms with E-state index in [-0.39, 0.29) is 0 Å². The zero-order valence-electron chi connectivity index (χ0n) is 26.3. The van der Waals surface area contributed by atoms with E-state index in [1.807, 2.05) is 36.4 Å². The van der Waals surface area contributed by atoms with E-state index in [9.17, 15) is 0 Å². The largest absolute Gasteiger partial charge is 0.456 e. The van der Waals surface area contributed by atoms with Crippen LogP contribution in [0.3, 0.4) is 0 Å². The topological polar surface area (TPSA) is 51.8 Å². The van der Waals surface area contributed by atoms with Gasteiger partial charge in [-0.25, -0.2) is 15.0 Å². The second-order valence-corrected chi connectivity index (χ2v) is 12.4. The van der Waals surface area contributed by atoms with Gasteiger partial charge in [-0.2, -0.15) is 0 Å². The quantitative estimate of drug-likeness (QED) is 0.183. The van der Waals surface area contributed by atoms with Crippen molar-refractivity contribution in [2.45, 2.75) is 0 Å². The van der Waals surface area contributed by atoms with Crippen LogP contribution in [0.4, 0.5) is 0 Å². The SMILES string of the molecule is c1ccc(-c2ccc(-c3nc(-c4ccc5c(ccc6c7ccccc7ccc56)c4)nc(-c4cccc5oc6ccccc6c45)n3)cc2)cc1. The van der Waals surface area contributed by atoms with Crippen molar-refractivity contribution in [2.75, 3.05) is 0 Å². The van der Waals surface area contributed by atoms with Crippen LogP contribution >= 0.6 is 0 Å². The molecule has 0 aliphatic rings. The average Bonchev–Trinajstić information content (AvgIpc) is 3.57. The van der Waals surface area contributed by atoms with Gasteiger partial charge < -0.3 is 4.42 Å². The summed E-state index contributed by atoms with van der Waals surface area (Å²) in [4.78, 5) is 15.4. The molecular formula is C45H27N3O. The van der Waals surface area contributed by atoms with Crippen molar-refractivity contribution < 1.29 is 4.42 Å². The minimum Gasteiger partial charge on any atom is -0.456 e. The Morgan fingerprint density at radius 1 is 0.327 bits per heavy atom. The highest BCUT2D eigenvalue weighted by atomic mass is 16.3. The van der Waals surface area contributed by atoms with Crippen LogP contribution < -0.4 is 0 Å². The average molecular weight is 626 g/mol. The maximum absolute atomic E-state index is 6.24. The van der Waals surface area contributed by atoms with Crippen molar-refractivity contribution >= 4 is 54.3 Å². The van der Waals surface area contributed by atoms with Gasteiger partial charge in [0.25, 0.3) is 0 Å². The molecule has 4 nitrogen and oxygen atoms in total. The molecule has 0 aliphatic carbocycles. The Kier molecular flexibility index (Phi) is 6.15. The summed E-state index contributed by atoms with van der Waals surface area (Å²) < 4.78 is 6.24. The number of aromatic nitrogens is 3. The van der Waals surface area contributed by atoms with Gasteiger partial charge in [0.2, 0.25) is 0 Å². The van der Waals surface area contributed by atoms with Crippen LogP contribution in [0.1, 0.15) is 0 Å². The van der Waals surface area contributed by atoms with E-state index < -0.39 is 0 Å². The molecule has 0 unspecified atom stereocenters. The number of nitrogens with zero attached hydrogens (tertiary/aromatic N) is 3. The minimum absolute atomic E-state index is 0.606. The van der Waals surface area contributed by atoms with Crippen molar-refractivity contribution in [2.24, 2.45) is 0 Å². The van der Waals surface area contributed by atoms with Gasteiger partial charge >= 0.3 is 0 Å². The van der Waals surface area contributed by atoms with Crippen molar-refractivity contribution in [3.05, 3.63) is 164 Å². The van der Waals surface area contributed by atoms with E-state index in [4.69, 9.17) is 19.4 Å². The van der Waals surface area contributed by atoms with Gasteiger partial charge in [-0.3, -0.25) is 0 Å². The first kappa shape index (κ1) is 27.5. The molecule has 8 aromatic carbocycles. The summed E-state index contributed by atoms with van der Waals surface area (Å²) in [6, 6.07) is 57.0. The van der Waals surface area contributed by atoms with Crippen molar-refractivity contribution in [3.63, 3.8) is 0 Å². The maximum atomic E-state index is 6.24. The second kappa shape index (κ2) is 11.0. The molecule has 228 valence electrons. The lowest BCUT2D eigenvalue weighted by Crippen LogP contribution is -2.00. The van der Waals surface area contributed by atoms with E-state index in [2.05, 4.69) is 127 Å². The number of hydrogen-bond acceptors (Lipinski definition) is 4. The molecule has 0 aliphatic heterocycles. The van der Waals surface area contributed by atoms with Gasteiger partial charge in [0.1, 0.15) is 11.2 Å². The smallest absolute Gasteiger partial charge is 0.164 e. The highest BCUT2D eigenvalue weighted by molar-refractivity contribution is 6.17. The summed E-state index contributed by atoms with van der Waals surface area (Å²) in [5, 5.41) is 9.36. The summed E-state index contributed by atoms with van der Waals surface area (Å²) in [7, 11) is 0. The number of fused-ring (bicyclic) bond motifs is 8. The van der Waals surface area contributed by atoms with Crippen LogP contribution in [-0.2, 0) is 0 Å². The van der Waals surface area contributed by atoms with Gasteiger partial charge in [0.05, 0.1) is 0 Å². The van der Waals surface area contributed by atoms with E-state index in [0.29, 0.717) is 17.5 Å². The molecule has 2 aromatic heterocycles. The third kappa shape index (κ3) is 4.57. The predicted octanol–water partition coefficient (Wildman–Crippen LogP) is 11.9. The molecule has 0 spiro atoms. The predicted molar refractivity (Wildman–Crippen MR) is 201 cm³/mol. The molecule has 0 saturated heterocycles. The zero-order chi connectivity index (χ0) is 32.3. The van der Waals surface area contributed by atoms with Gasteiger partial charge in [0, 0.05) is 27.5 Å². The van der Waals surface area contributed by atoms with Crippen LogP contribution in [0.5, 0.6) is 0 Å². The lowest BCUT2D eigenvalue weighted by Gasteiger charge is -2.11. The molecule has 0 atom stereocenters. The lowest BCUT2D eigenvalue weighted by atomic mass is 9.96. The first-order valence-corrected chi connectivity index (χ1v) is 16.4. The summed E-state index contributed by atoms with van der Waals surface area (Å²) >= 11 is 0. The fourth-order valence-corrected chi connectivity index (χ4v) is 7.13. The fourth-order valence-electron chi connectivity index (χ4n) is 7.13. The molecular weight excluding hydrogens is 599 g/mol. The van der Waals surface area contributed by atoms with Gasteiger partial charge in [0.15, 0.2) is 17.5 Å². The third-order valence-electron chi connectivity index (χ3n) is 9.53. The molecule has 0 radical (unpaired) electrons. The molecule has 4 heteroatoms. The highest BCUT2D eigenvalue weighted by Crippen LogP contribution is 2.38. The first-order chi connectivity index (χ1) is 24.3. The maximum Gasteiger partial charge on any atom is 0.164 e. The summed E-state index contributed by atoms with van der Waals surface area (Å²) in [6.07, 6.45) is 0. The Morgan fingerprint density at radius 2 is 0.898 bits per heavy atom. The highest BCUT2D eigenvalue weighted by Gasteiger charge is 2.18. The second-order valence-electron chi connectivity index (χ2n) is 12.4. The van der Waals surface area contributed by atoms with E-state index >= 15 is 0 Å². The van der Waals surface area contributed by atoms with E-state index in [0.717, 1.165) is 49.6 Å². The van der Waals surface area contributed by atoms with Crippen molar-refractivity contribution in [3.8, 4) is 45.3 Å². The van der Waals surface area contributed by atoms with Gasteiger partial charge in [-0.1, -0.05) is 146 Å². The Labute approximate surface area is 282 Å². The lowest BCUT2D eigenvalue weighted by molar-refractivity contribution is 0.669. The number of benzene rings is 8. The minimum atomic E-state index is 0.606. The summed E-state index contributed by atoms with van der Waals surface area (Å²) in [6.45, 7) is 0. The Bertz CT molecular complexity index is 2870. The van der Waals surface area contributed by atoms with Crippen LogP contribution in [0.2, 0.25) is 0 Å². The van der Waals surface area contributed by atoms with Crippen LogP contribution in [-0.4, -0.2) is 15.0 Å². The number of rotatable bonds is 4. The van der Waals surface area contributed by atoms with E-state index in [1.54, 1.807) is 0 Å². The normalized spacial score (nSPS) is 11.7. The third-order valence-corrected chi connectivity index (χ3v) is 9.53. The van der Waals surface area contributed by atoms with Crippen molar-refractivity contribution in [1.29, 1.82) is 0 Å². The standard InChI is InChI=1S/C45H27N3O/c1-2-9-28(10-3-1)29-17-19-31(20-18-29)43-46-44(48-45(47-43)39-14-8-16-41-42(39)38-13-6-7-15-40(38)49-41)33-23-24-35-32(27-33)22-26-36-34-12-5-4-11-30(34)21-25-37(35)36/h1-27H. The summed E-state index contributed by atoms with van der Waals surface area (Å²) in [5.74, 6) is 1.85. The van der Waals surface area contributed by atoms with Gasteiger partial charge in [-0.15, -0.1) is 0 Å². The molecule has 0 N–H and O–H groups in total.